The summed E-state index contributed by atoms with van der Waals surface area (Å²) in [5.74, 6) is -0.888. The van der Waals surface area contributed by atoms with Crippen LogP contribution in [0.5, 0.6) is 0 Å². The highest BCUT2D eigenvalue weighted by atomic mass is 32.2. The van der Waals surface area contributed by atoms with E-state index in [9.17, 15) is 22.8 Å². The van der Waals surface area contributed by atoms with Crippen molar-refractivity contribution in [3.8, 4) is 0 Å². The zero-order chi connectivity index (χ0) is 16.3. The van der Waals surface area contributed by atoms with Gasteiger partial charge in [0.15, 0.2) is 5.37 Å². The molecule has 0 radical (unpaired) electrons. The maximum Gasteiger partial charge on any atom is 0.414 e. The van der Waals surface area contributed by atoms with Crippen LogP contribution in [0.4, 0.5) is 13.2 Å². The summed E-state index contributed by atoms with van der Waals surface area (Å²) in [5, 5.41) is 6.52. The Hall–Kier alpha value is -1.04. The topological polar surface area (TPSA) is 94.3 Å². The van der Waals surface area contributed by atoms with Gasteiger partial charge in [0.1, 0.15) is 5.50 Å². The fourth-order valence-electron chi connectivity index (χ4n) is 2.34. The second kappa shape index (κ2) is 7.02. The number of alkyl halides is 3. The van der Waals surface area contributed by atoms with Crippen LogP contribution in [0.25, 0.3) is 0 Å². The number of piperidine rings is 1. The van der Waals surface area contributed by atoms with Gasteiger partial charge in [0.2, 0.25) is 11.8 Å². The predicted molar refractivity (Wildman–Crippen MR) is 74.0 cm³/mol. The number of hydrogen-bond acceptors (Lipinski definition) is 6. The van der Waals surface area contributed by atoms with Crippen molar-refractivity contribution in [3.05, 3.63) is 0 Å². The van der Waals surface area contributed by atoms with Gasteiger partial charge in [-0.3, -0.25) is 14.9 Å². The highest BCUT2D eigenvalue weighted by Gasteiger charge is 2.45. The molecule has 4 atom stereocenters. The number of hydrogen-bond donors (Lipinski definition) is 5. The first-order valence-electron chi connectivity index (χ1n) is 6.80. The lowest BCUT2D eigenvalue weighted by Crippen LogP contribution is -2.53. The largest absolute Gasteiger partial charge is 0.414 e. The number of rotatable bonds is 3. The van der Waals surface area contributed by atoms with E-state index < -0.39 is 17.0 Å². The Bertz CT molecular complexity index is 436. The van der Waals surface area contributed by atoms with Crippen molar-refractivity contribution in [2.75, 3.05) is 6.54 Å². The Morgan fingerprint density at radius 2 is 1.95 bits per heavy atom. The van der Waals surface area contributed by atoms with Gasteiger partial charge in [-0.2, -0.15) is 13.2 Å². The third-order valence-electron chi connectivity index (χ3n) is 3.34. The molecule has 22 heavy (non-hydrogen) atoms. The summed E-state index contributed by atoms with van der Waals surface area (Å²) in [6.07, 6.45) is -3.72. The smallest absolute Gasteiger partial charge is 0.341 e. The van der Waals surface area contributed by atoms with Gasteiger partial charge in [-0.25, -0.2) is 10.9 Å². The van der Waals surface area contributed by atoms with Gasteiger partial charge in [-0.15, -0.1) is 0 Å². The van der Waals surface area contributed by atoms with Crippen molar-refractivity contribution >= 4 is 23.6 Å². The predicted octanol–water partition coefficient (Wildman–Crippen LogP) is -0.423. The van der Waals surface area contributed by atoms with Crippen molar-refractivity contribution in [1.82, 2.24) is 26.8 Å². The molecule has 0 aromatic heterocycles. The summed E-state index contributed by atoms with van der Waals surface area (Å²) < 4.78 is 37.5. The number of halogens is 3. The highest BCUT2D eigenvalue weighted by molar-refractivity contribution is 8.00. The number of carbonyl (C=O) groups excluding carboxylic acids is 2. The summed E-state index contributed by atoms with van der Waals surface area (Å²) in [7, 11) is 0. The number of carbonyl (C=O) groups is 2. The number of nitrogens with one attached hydrogen (secondary N) is 5. The van der Waals surface area contributed by atoms with Crippen LogP contribution in [0, 0.1) is 5.92 Å². The van der Waals surface area contributed by atoms with Crippen LogP contribution >= 0.6 is 11.8 Å². The molecule has 0 saturated carbocycles. The Labute approximate surface area is 129 Å². The minimum absolute atomic E-state index is 0.205. The first kappa shape index (κ1) is 17.3. The van der Waals surface area contributed by atoms with Gasteiger partial charge in [0.05, 0.1) is 6.17 Å². The molecular formula is C11H18F3N5O2S. The molecule has 7 nitrogen and oxygen atoms in total. The van der Waals surface area contributed by atoms with Crippen molar-refractivity contribution < 1.29 is 22.8 Å². The number of thioether (sulfide) groups is 1. The zero-order valence-corrected chi connectivity index (χ0v) is 12.6. The van der Waals surface area contributed by atoms with Crippen molar-refractivity contribution in [2.24, 2.45) is 5.92 Å². The van der Waals surface area contributed by atoms with E-state index in [0.29, 0.717) is 31.1 Å². The Kier molecular flexibility index (Phi) is 5.53. The molecule has 2 fully saturated rings. The van der Waals surface area contributed by atoms with Crippen LogP contribution in [0.2, 0.25) is 0 Å². The molecular weight excluding hydrogens is 323 g/mol. The summed E-state index contributed by atoms with van der Waals surface area (Å²) in [6, 6.07) is 0. The summed E-state index contributed by atoms with van der Waals surface area (Å²) >= 11 is 0.557. The minimum Gasteiger partial charge on any atom is -0.341 e. The monoisotopic (exact) mass is 341 g/mol. The van der Waals surface area contributed by atoms with E-state index in [-0.39, 0.29) is 23.9 Å². The molecule has 126 valence electrons. The van der Waals surface area contributed by atoms with Crippen LogP contribution in [-0.2, 0) is 9.59 Å². The van der Waals surface area contributed by atoms with Gasteiger partial charge >= 0.3 is 6.18 Å². The first-order valence-corrected chi connectivity index (χ1v) is 7.74. The van der Waals surface area contributed by atoms with E-state index in [2.05, 4.69) is 26.8 Å². The maximum absolute atomic E-state index is 12.5. The van der Waals surface area contributed by atoms with Crippen molar-refractivity contribution in [2.45, 2.75) is 43.0 Å². The van der Waals surface area contributed by atoms with E-state index in [0.717, 1.165) is 0 Å². The Morgan fingerprint density at radius 1 is 1.23 bits per heavy atom. The molecule has 2 aliphatic heterocycles. The summed E-state index contributed by atoms with van der Waals surface area (Å²) in [5.41, 5.74) is 3.66. The molecule has 2 saturated heterocycles. The molecule has 4 unspecified atom stereocenters. The van der Waals surface area contributed by atoms with Crippen LogP contribution in [-0.4, -0.2) is 41.6 Å². The minimum atomic E-state index is -4.39. The van der Waals surface area contributed by atoms with Crippen molar-refractivity contribution in [3.63, 3.8) is 0 Å². The van der Waals surface area contributed by atoms with E-state index in [1.54, 1.807) is 0 Å². The van der Waals surface area contributed by atoms with E-state index >= 15 is 0 Å². The molecule has 2 rings (SSSR count). The SMILES string of the molecule is CC(=O)NC1CC(C(=O)NC2NNC(C(F)(F)F)S2)CCN1. The maximum atomic E-state index is 12.5. The average molecular weight is 341 g/mol. The second-order valence-corrected chi connectivity index (χ2v) is 6.38. The van der Waals surface area contributed by atoms with Gasteiger partial charge in [0.25, 0.3) is 0 Å². The lowest BCUT2D eigenvalue weighted by atomic mass is 9.95. The van der Waals surface area contributed by atoms with Crippen LogP contribution in [0.15, 0.2) is 0 Å². The summed E-state index contributed by atoms with van der Waals surface area (Å²) in [4.78, 5) is 23.1. The third kappa shape index (κ3) is 4.73. The van der Waals surface area contributed by atoms with E-state index in [1.807, 2.05) is 0 Å². The van der Waals surface area contributed by atoms with Crippen LogP contribution in [0.3, 0.4) is 0 Å². The number of hydrazine groups is 1. The standard InChI is InChI=1S/C11H18F3N5O2S/c1-5(20)16-7-4-6(2-3-15-7)8(21)17-10-19-18-9(22-10)11(12,13)14/h6-7,9-10,15,18-19H,2-4H2,1H3,(H,16,20)(H,17,21). The Morgan fingerprint density at radius 3 is 2.55 bits per heavy atom. The lowest BCUT2D eigenvalue weighted by molar-refractivity contribution is -0.134. The normalized spacial score (nSPS) is 32.5. The average Bonchev–Trinajstić information content (AvgIpc) is 2.86. The molecule has 11 heteroatoms. The van der Waals surface area contributed by atoms with Crippen LogP contribution in [0.1, 0.15) is 19.8 Å². The molecule has 0 spiro atoms. The quantitative estimate of drug-likeness (QED) is 0.479. The third-order valence-corrected chi connectivity index (χ3v) is 4.51. The summed E-state index contributed by atoms with van der Waals surface area (Å²) in [6.45, 7) is 1.94. The molecule has 0 bridgehead atoms. The van der Waals surface area contributed by atoms with Crippen LogP contribution < -0.4 is 26.8 Å². The number of amides is 2. The molecule has 2 amide bonds. The van der Waals surface area contributed by atoms with Gasteiger partial charge in [0, 0.05) is 12.8 Å². The molecule has 2 aliphatic rings. The lowest BCUT2D eigenvalue weighted by Gasteiger charge is -2.30. The van der Waals surface area contributed by atoms with E-state index in [4.69, 9.17) is 0 Å². The second-order valence-electron chi connectivity index (χ2n) is 5.16. The molecule has 0 aromatic carbocycles. The Balaban J connectivity index is 1.81. The molecule has 0 aromatic rings. The van der Waals surface area contributed by atoms with Gasteiger partial charge < -0.3 is 10.6 Å². The first-order chi connectivity index (χ1) is 10.3. The van der Waals surface area contributed by atoms with Gasteiger partial charge in [-0.1, -0.05) is 11.8 Å². The highest BCUT2D eigenvalue weighted by Crippen LogP contribution is 2.32. The molecule has 0 aliphatic carbocycles. The fourth-order valence-corrected chi connectivity index (χ4v) is 3.23. The van der Waals surface area contributed by atoms with Gasteiger partial charge in [-0.05, 0) is 19.4 Å². The van der Waals surface area contributed by atoms with E-state index in [1.165, 1.54) is 6.92 Å². The van der Waals surface area contributed by atoms with Crippen molar-refractivity contribution in [1.29, 1.82) is 0 Å². The molecule has 2 heterocycles. The fraction of sp³-hybridized carbons (Fsp3) is 0.818. The zero-order valence-electron chi connectivity index (χ0n) is 11.8. The molecule has 5 N–H and O–H groups in total.